The fourth-order valence-electron chi connectivity index (χ4n) is 1.90. The van der Waals surface area contributed by atoms with Crippen LogP contribution in [0.1, 0.15) is 6.42 Å². The second-order valence-electron chi connectivity index (χ2n) is 4.24. The van der Waals surface area contributed by atoms with E-state index >= 15 is 0 Å². The van der Waals surface area contributed by atoms with E-state index in [2.05, 4.69) is 5.32 Å². The van der Waals surface area contributed by atoms with Gasteiger partial charge in [0.1, 0.15) is 12.2 Å². The average Bonchev–Trinajstić information content (AvgIpc) is 2.46. The Bertz CT molecular complexity index is 713. The molecule has 4 heteroatoms. The molecule has 0 radical (unpaired) electrons. The molecule has 19 heavy (non-hydrogen) atoms. The molecule has 0 aliphatic carbocycles. The van der Waals surface area contributed by atoms with Crippen molar-refractivity contribution in [1.29, 1.82) is 0 Å². The highest BCUT2D eigenvalue weighted by atomic mass is 16.5. The number of nitrogens with one attached hydrogen (secondary N) is 1. The lowest BCUT2D eigenvalue weighted by Gasteiger charge is -2.11. The maximum atomic E-state index is 11.8. The number of benzene rings is 1. The molecule has 0 unspecified atom stereocenters. The van der Waals surface area contributed by atoms with Crippen molar-refractivity contribution in [2.75, 3.05) is 6.61 Å². The molecule has 3 rings (SSSR count). The molecule has 0 saturated carbocycles. The molecule has 0 fully saturated rings. The predicted octanol–water partition coefficient (Wildman–Crippen LogP) is 2.56. The Morgan fingerprint density at radius 2 is 2.21 bits per heavy atom. The molecule has 1 N–H and O–H groups in total. The summed E-state index contributed by atoms with van der Waals surface area (Å²) in [6.07, 6.45) is 6.76. The number of rotatable bonds is 3. The quantitative estimate of drug-likeness (QED) is 0.856. The van der Waals surface area contributed by atoms with Gasteiger partial charge in [-0.1, -0.05) is 30.4 Å². The minimum atomic E-state index is -0.453. The van der Waals surface area contributed by atoms with E-state index in [-0.39, 0.29) is 5.75 Å². The Hall–Kier alpha value is -2.49. The van der Waals surface area contributed by atoms with Crippen molar-refractivity contribution in [2.24, 2.45) is 0 Å². The smallest absolute Gasteiger partial charge is 0.379 e. The summed E-state index contributed by atoms with van der Waals surface area (Å²) in [6.45, 7) is 0.327. The van der Waals surface area contributed by atoms with Crippen LogP contribution in [0.5, 0.6) is 5.75 Å². The molecule has 2 aromatic rings. The summed E-state index contributed by atoms with van der Waals surface area (Å²) >= 11 is 0. The van der Waals surface area contributed by atoms with Crippen LogP contribution in [-0.2, 0) is 0 Å². The first-order valence-electron chi connectivity index (χ1n) is 6.09. The molecule has 0 bridgehead atoms. The van der Waals surface area contributed by atoms with E-state index < -0.39 is 5.63 Å². The van der Waals surface area contributed by atoms with Crippen molar-refractivity contribution in [1.82, 2.24) is 5.32 Å². The third kappa shape index (κ3) is 2.52. The van der Waals surface area contributed by atoms with Crippen LogP contribution in [-0.4, -0.2) is 6.61 Å². The van der Waals surface area contributed by atoms with Gasteiger partial charge in [0, 0.05) is 11.1 Å². The molecule has 0 saturated heterocycles. The number of fused-ring (bicyclic) bond motifs is 1. The van der Waals surface area contributed by atoms with Crippen molar-refractivity contribution >= 4 is 11.0 Å². The van der Waals surface area contributed by atoms with E-state index in [1.54, 1.807) is 12.1 Å². The molecular weight excluding hydrogens is 242 g/mol. The molecule has 0 amide bonds. The van der Waals surface area contributed by atoms with Gasteiger partial charge in [-0.25, -0.2) is 4.79 Å². The largest absolute Gasteiger partial charge is 0.480 e. The van der Waals surface area contributed by atoms with Gasteiger partial charge in [0.25, 0.3) is 0 Å². The van der Waals surface area contributed by atoms with Crippen LogP contribution in [0.25, 0.3) is 11.0 Å². The van der Waals surface area contributed by atoms with Gasteiger partial charge in [-0.2, -0.15) is 0 Å². The molecule has 0 spiro atoms. The molecule has 0 atom stereocenters. The fraction of sp³-hybridized carbons (Fsp3) is 0.133. The Morgan fingerprint density at radius 3 is 3.05 bits per heavy atom. The van der Waals surface area contributed by atoms with E-state index in [1.807, 2.05) is 36.6 Å². The summed E-state index contributed by atoms with van der Waals surface area (Å²) in [5.41, 5.74) is 1.05. The van der Waals surface area contributed by atoms with Crippen molar-refractivity contribution < 1.29 is 9.15 Å². The second kappa shape index (κ2) is 5.02. The highest BCUT2D eigenvalue weighted by molar-refractivity contribution is 5.77. The Balaban J connectivity index is 1.82. The van der Waals surface area contributed by atoms with E-state index in [0.717, 1.165) is 17.5 Å². The maximum absolute atomic E-state index is 11.8. The fourth-order valence-corrected chi connectivity index (χ4v) is 1.90. The zero-order valence-corrected chi connectivity index (χ0v) is 10.3. The minimum Gasteiger partial charge on any atom is -0.480 e. The van der Waals surface area contributed by atoms with Gasteiger partial charge in [0.05, 0.1) is 0 Å². The van der Waals surface area contributed by atoms with Gasteiger partial charge >= 0.3 is 5.63 Å². The van der Waals surface area contributed by atoms with E-state index in [9.17, 15) is 4.79 Å². The molecule has 96 valence electrons. The van der Waals surface area contributed by atoms with Crippen LogP contribution in [0.15, 0.2) is 63.6 Å². The molecule has 1 aliphatic rings. The number of hydrogen-bond donors (Lipinski definition) is 1. The van der Waals surface area contributed by atoms with Crippen LogP contribution in [0.2, 0.25) is 0 Å². The Labute approximate surface area is 110 Å². The average molecular weight is 255 g/mol. The molecular formula is C15H13NO3. The Morgan fingerprint density at radius 1 is 1.32 bits per heavy atom. The normalized spacial score (nSPS) is 14.0. The molecule has 1 aliphatic heterocycles. The maximum Gasteiger partial charge on any atom is 0.379 e. The lowest BCUT2D eigenvalue weighted by molar-refractivity contribution is 0.327. The lowest BCUT2D eigenvalue weighted by Crippen LogP contribution is -2.17. The summed E-state index contributed by atoms with van der Waals surface area (Å²) in [5, 5.41) is 3.92. The third-order valence-electron chi connectivity index (χ3n) is 2.88. The van der Waals surface area contributed by atoms with Crippen LogP contribution in [0.3, 0.4) is 0 Å². The van der Waals surface area contributed by atoms with E-state index in [4.69, 9.17) is 9.15 Å². The first-order chi connectivity index (χ1) is 9.33. The summed E-state index contributed by atoms with van der Waals surface area (Å²) in [7, 11) is 0. The standard InChI is InChI=1S/C15H13NO3/c17-15-14(18-10-12-6-3-4-8-16-12)9-11-5-1-2-7-13(11)19-15/h1-2,4-9,16H,3,10H2. The van der Waals surface area contributed by atoms with E-state index in [1.165, 1.54) is 0 Å². The van der Waals surface area contributed by atoms with Gasteiger partial charge in [-0.15, -0.1) is 0 Å². The predicted molar refractivity (Wildman–Crippen MR) is 73.0 cm³/mol. The van der Waals surface area contributed by atoms with Crippen molar-refractivity contribution in [3.05, 3.63) is 64.8 Å². The van der Waals surface area contributed by atoms with Gasteiger partial charge in [-0.05, 0) is 24.8 Å². The first kappa shape index (κ1) is 11.6. The lowest BCUT2D eigenvalue weighted by atomic mass is 10.2. The Kier molecular flexibility index (Phi) is 3.06. The summed E-state index contributed by atoms with van der Waals surface area (Å²) in [6, 6.07) is 9.07. The topological polar surface area (TPSA) is 51.5 Å². The van der Waals surface area contributed by atoms with E-state index in [0.29, 0.717) is 12.2 Å². The molecule has 4 nitrogen and oxygen atoms in total. The van der Waals surface area contributed by atoms with Crippen LogP contribution in [0, 0.1) is 0 Å². The minimum absolute atomic E-state index is 0.232. The SMILES string of the molecule is O=c1oc2ccccc2cc1OCC1=CCC=CN1. The van der Waals surface area contributed by atoms with Gasteiger partial charge in [-0.3, -0.25) is 0 Å². The van der Waals surface area contributed by atoms with Crippen molar-refractivity contribution in [2.45, 2.75) is 6.42 Å². The zero-order valence-electron chi connectivity index (χ0n) is 10.3. The summed E-state index contributed by atoms with van der Waals surface area (Å²) < 4.78 is 10.7. The van der Waals surface area contributed by atoms with Gasteiger partial charge in [0.15, 0.2) is 0 Å². The highest BCUT2D eigenvalue weighted by Crippen LogP contribution is 2.16. The molecule has 1 aromatic carbocycles. The van der Waals surface area contributed by atoms with Crippen LogP contribution in [0.4, 0.5) is 0 Å². The molecule has 1 aromatic heterocycles. The number of ether oxygens (including phenoxy) is 1. The van der Waals surface area contributed by atoms with Gasteiger partial charge < -0.3 is 14.5 Å². The van der Waals surface area contributed by atoms with Crippen LogP contribution < -0.4 is 15.7 Å². The number of para-hydroxylation sites is 1. The number of dihydropyridines is 1. The molecule has 2 heterocycles. The monoisotopic (exact) mass is 255 g/mol. The number of hydrogen-bond acceptors (Lipinski definition) is 4. The van der Waals surface area contributed by atoms with Crippen molar-refractivity contribution in [3.63, 3.8) is 0 Å². The van der Waals surface area contributed by atoms with Crippen LogP contribution >= 0.6 is 0 Å². The number of allylic oxidation sites excluding steroid dienone is 2. The zero-order chi connectivity index (χ0) is 13.1. The summed E-state index contributed by atoms with van der Waals surface area (Å²) in [4.78, 5) is 11.8. The van der Waals surface area contributed by atoms with Gasteiger partial charge in [0.2, 0.25) is 5.75 Å². The summed E-state index contributed by atoms with van der Waals surface area (Å²) in [5.74, 6) is 0.232. The third-order valence-corrected chi connectivity index (χ3v) is 2.88. The first-order valence-corrected chi connectivity index (χ1v) is 6.09. The highest BCUT2D eigenvalue weighted by Gasteiger charge is 2.07. The second-order valence-corrected chi connectivity index (χ2v) is 4.24. The van der Waals surface area contributed by atoms with Crippen molar-refractivity contribution in [3.8, 4) is 5.75 Å².